The van der Waals surface area contributed by atoms with Crippen molar-refractivity contribution in [2.75, 3.05) is 24.8 Å². The maximum Gasteiger partial charge on any atom is 0.337 e. The number of benzene rings is 2. The molecule has 0 N–H and O–H groups in total. The van der Waals surface area contributed by atoms with Crippen LogP contribution in [0.5, 0.6) is 0 Å². The number of allylic oxidation sites excluding steroid dienone is 1. The van der Waals surface area contributed by atoms with Crippen LogP contribution in [0.1, 0.15) is 27.6 Å². The van der Waals surface area contributed by atoms with E-state index < -0.39 is 5.97 Å². The molecule has 0 radical (unpaired) electrons. The van der Waals surface area contributed by atoms with Gasteiger partial charge in [-0.25, -0.2) is 4.79 Å². The molecule has 5 heteroatoms. The lowest BCUT2D eigenvalue weighted by molar-refractivity contribution is 0.0600. The summed E-state index contributed by atoms with van der Waals surface area (Å²) in [5.41, 5.74) is 2.00. The molecule has 0 saturated carbocycles. The molecule has 0 unspecified atom stereocenters. The Kier molecular flexibility index (Phi) is 6.83. The summed E-state index contributed by atoms with van der Waals surface area (Å²) >= 11 is 1.76. The number of thioether (sulfide) groups is 1. The minimum Gasteiger partial charge on any atom is -0.465 e. The Labute approximate surface area is 152 Å². The second-order valence-electron chi connectivity index (χ2n) is 5.26. The first-order valence-corrected chi connectivity index (χ1v) is 8.91. The third-order valence-electron chi connectivity index (χ3n) is 3.59. The number of para-hydroxylation sites is 1. The molecule has 0 aromatic heterocycles. The number of ether oxygens (including phenoxy) is 1. The van der Waals surface area contributed by atoms with Crippen LogP contribution in [0.4, 0.5) is 5.69 Å². The summed E-state index contributed by atoms with van der Waals surface area (Å²) < 4.78 is 4.65. The number of hydrogen-bond donors (Lipinski definition) is 0. The third-order valence-corrected chi connectivity index (χ3v) is 4.53. The average molecular weight is 355 g/mol. The molecule has 0 amide bonds. The first-order chi connectivity index (χ1) is 12.1. The predicted octanol–water partition coefficient (Wildman–Crippen LogP) is 4.42. The van der Waals surface area contributed by atoms with Gasteiger partial charge in [0.2, 0.25) is 0 Å². The number of rotatable bonds is 7. The third kappa shape index (κ3) is 4.97. The van der Waals surface area contributed by atoms with Gasteiger partial charge in [-0.2, -0.15) is 0 Å². The van der Waals surface area contributed by atoms with E-state index >= 15 is 0 Å². The quantitative estimate of drug-likeness (QED) is 0.318. The zero-order valence-electron chi connectivity index (χ0n) is 14.6. The molecule has 0 atom stereocenters. The number of esters is 1. The van der Waals surface area contributed by atoms with Crippen LogP contribution in [-0.2, 0) is 4.74 Å². The van der Waals surface area contributed by atoms with Crippen molar-refractivity contribution in [1.82, 2.24) is 0 Å². The number of carbonyl (C=O) groups is 2. The van der Waals surface area contributed by atoms with Crippen LogP contribution in [0.3, 0.4) is 0 Å². The fourth-order valence-electron chi connectivity index (χ4n) is 2.27. The van der Waals surface area contributed by atoms with E-state index in [-0.39, 0.29) is 5.78 Å². The van der Waals surface area contributed by atoms with Crippen molar-refractivity contribution in [3.05, 3.63) is 71.9 Å². The lowest BCUT2D eigenvalue weighted by Crippen LogP contribution is -2.10. The minimum absolute atomic E-state index is 0.121. The number of ketones is 1. The van der Waals surface area contributed by atoms with Gasteiger partial charge in [0.25, 0.3) is 0 Å². The summed E-state index contributed by atoms with van der Waals surface area (Å²) in [6.45, 7) is 2.11. The summed E-state index contributed by atoms with van der Waals surface area (Å²) in [6, 6.07) is 14.5. The Morgan fingerprint density at radius 2 is 1.72 bits per heavy atom. The molecule has 0 aliphatic carbocycles. The van der Waals surface area contributed by atoms with Crippen LogP contribution in [-0.4, -0.2) is 31.7 Å². The van der Waals surface area contributed by atoms with Crippen LogP contribution in [0, 0.1) is 0 Å². The van der Waals surface area contributed by atoms with E-state index in [1.54, 1.807) is 42.2 Å². The van der Waals surface area contributed by atoms with Crippen molar-refractivity contribution in [1.29, 1.82) is 0 Å². The molecule has 2 aromatic rings. The summed E-state index contributed by atoms with van der Waals surface area (Å²) in [6.07, 6.45) is 3.28. The standard InChI is InChI=1S/C20H21NO3S/c1-4-25-19-8-6-5-7-17(19)21(2)14-13-18(22)15-9-11-16(12-10-15)20(23)24-3/h5-14H,4H2,1-3H3/b14-13-. The van der Waals surface area contributed by atoms with Crippen molar-refractivity contribution in [3.63, 3.8) is 0 Å². The summed E-state index contributed by atoms with van der Waals surface area (Å²) in [5.74, 6) is 0.447. The number of nitrogens with zero attached hydrogens (tertiary/aromatic N) is 1. The molecule has 0 saturated heterocycles. The highest BCUT2D eigenvalue weighted by Gasteiger charge is 2.08. The molecular formula is C20H21NO3S. The first-order valence-electron chi connectivity index (χ1n) is 7.92. The molecule has 0 aliphatic rings. The molecule has 0 heterocycles. The molecule has 0 fully saturated rings. The monoisotopic (exact) mass is 355 g/mol. The van der Waals surface area contributed by atoms with Crippen molar-refractivity contribution >= 4 is 29.2 Å². The van der Waals surface area contributed by atoms with E-state index in [9.17, 15) is 9.59 Å². The molecule has 2 rings (SSSR count). The Morgan fingerprint density at radius 1 is 1.08 bits per heavy atom. The molecule has 2 aromatic carbocycles. The molecule has 0 spiro atoms. The van der Waals surface area contributed by atoms with Crippen LogP contribution in [0.15, 0.2) is 65.7 Å². The fourth-order valence-corrected chi connectivity index (χ4v) is 3.12. The molecule has 0 aliphatic heterocycles. The zero-order chi connectivity index (χ0) is 18.2. The van der Waals surface area contributed by atoms with Crippen molar-refractivity contribution in [2.24, 2.45) is 0 Å². The van der Waals surface area contributed by atoms with Crippen molar-refractivity contribution in [3.8, 4) is 0 Å². The summed E-state index contributed by atoms with van der Waals surface area (Å²) in [4.78, 5) is 26.8. The Hall–Kier alpha value is -2.53. The van der Waals surface area contributed by atoms with Gasteiger partial charge in [-0.05, 0) is 30.0 Å². The SMILES string of the molecule is CCSc1ccccc1N(C)/C=C\C(=O)c1ccc(C(=O)OC)cc1. The lowest BCUT2D eigenvalue weighted by Gasteiger charge is -2.17. The number of anilines is 1. The maximum absolute atomic E-state index is 12.3. The minimum atomic E-state index is -0.417. The number of methoxy groups -OCH3 is 1. The van der Waals surface area contributed by atoms with Crippen LogP contribution < -0.4 is 4.90 Å². The second kappa shape index (κ2) is 9.08. The van der Waals surface area contributed by atoms with Gasteiger partial charge in [0, 0.05) is 29.8 Å². The van der Waals surface area contributed by atoms with E-state index in [1.807, 2.05) is 30.1 Å². The van der Waals surface area contributed by atoms with Gasteiger partial charge >= 0.3 is 5.97 Å². The van der Waals surface area contributed by atoms with Crippen LogP contribution in [0.25, 0.3) is 0 Å². The lowest BCUT2D eigenvalue weighted by atomic mass is 10.1. The van der Waals surface area contributed by atoms with Crippen molar-refractivity contribution < 1.29 is 14.3 Å². The Balaban J connectivity index is 2.10. The highest BCUT2D eigenvalue weighted by Crippen LogP contribution is 2.29. The van der Waals surface area contributed by atoms with Crippen molar-refractivity contribution in [2.45, 2.75) is 11.8 Å². The second-order valence-corrected chi connectivity index (χ2v) is 6.57. The van der Waals surface area contributed by atoms with E-state index in [2.05, 4.69) is 17.7 Å². The molecule has 4 nitrogen and oxygen atoms in total. The van der Waals surface area contributed by atoms with Gasteiger partial charge in [0.1, 0.15) is 0 Å². The smallest absolute Gasteiger partial charge is 0.337 e. The van der Waals surface area contributed by atoms with Gasteiger partial charge in [0.15, 0.2) is 5.78 Å². The molecular weight excluding hydrogens is 334 g/mol. The molecule has 25 heavy (non-hydrogen) atoms. The number of hydrogen-bond acceptors (Lipinski definition) is 5. The van der Waals surface area contributed by atoms with Gasteiger partial charge in [-0.3, -0.25) is 4.79 Å². The van der Waals surface area contributed by atoms with Gasteiger partial charge in [-0.1, -0.05) is 31.2 Å². The Bertz CT molecular complexity index is 769. The first kappa shape index (κ1) is 18.8. The summed E-state index contributed by atoms with van der Waals surface area (Å²) in [7, 11) is 3.24. The normalized spacial score (nSPS) is 10.7. The number of carbonyl (C=O) groups excluding carboxylic acids is 2. The largest absolute Gasteiger partial charge is 0.465 e. The van der Waals surface area contributed by atoms with E-state index in [0.29, 0.717) is 11.1 Å². The fraction of sp³-hybridized carbons (Fsp3) is 0.200. The van der Waals surface area contributed by atoms with E-state index in [4.69, 9.17) is 0 Å². The van der Waals surface area contributed by atoms with Gasteiger partial charge in [-0.15, -0.1) is 11.8 Å². The predicted molar refractivity (Wildman–Crippen MR) is 102 cm³/mol. The Morgan fingerprint density at radius 3 is 2.36 bits per heavy atom. The van der Waals surface area contributed by atoms with Crippen LogP contribution >= 0.6 is 11.8 Å². The van der Waals surface area contributed by atoms with E-state index in [1.165, 1.54) is 18.1 Å². The zero-order valence-corrected chi connectivity index (χ0v) is 15.4. The van der Waals surface area contributed by atoms with E-state index in [0.717, 1.165) is 11.4 Å². The highest BCUT2D eigenvalue weighted by atomic mass is 32.2. The van der Waals surface area contributed by atoms with Crippen LogP contribution in [0.2, 0.25) is 0 Å². The molecule has 0 bridgehead atoms. The summed E-state index contributed by atoms with van der Waals surface area (Å²) in [5, 5.41) is 0. The topological polar surface area (TPSA) is 46.6 Å². The van der Waals surface area contributed by atoms with Gasteiger partial charge < -0.3 is 9.64 Å². The average Bonchev–Trinajstić information content (AvgIpc) is 2.66. The molecule has 130 valence electrons. The highest BCUT2D eigenvalue weighted by molar-refractivity contribution is 7.99. The van der Waals surface area contributed by atoms with Gasteiger partial charge in [0.05, 0.1) is 18.4 Å². The maximum atomic E-state index is 12.3.